The molecule has 3 nitrogen and oxygen atoms in total. The van der Waals surface area contributed by atoms with Gasteiger partial charge in [-0.3, -0.25) is 4.79 Å². The van der Waals surface area contributed by atoms with Crippen LogP contribution in [0.5, 0.6) is 0 Å². The fraction of sp³-hybridized carbons (Fsp3) is 0.211. The zero-order chi connectivity index (χ0) is 17.3. The predicted octanol–water partition coefficient (Wildman–Crippen LogP) is 4.18. The number of benzene rings is 2. The molecule has 24 heavy (non-hydrogen) atoms. The molecule has 0 atom stereocenters. The third-order valence-electron chi connectivity index (χ3n) is 4.25. The zero-order valence-electron chi connectivity index (χ0n) is 13.6. The van der Waals surface area contributed by atoms with Gasteiger partial charge in [-0.1, -0.05) is 12.2 Å². The molecule has 0 aromatic heterocycles. The lowest BCUT2D eigenvalue weighted by Gasteiger charge is -2.25. The molecular weight excluding hydrogens is 310 g/mol. The van der Waals surface area contributed by atoms with Crippen molar-refractivity contribution in [2.75, 3.05) is 16.8 Å². The fourth-order valence-electron chi connectivity index (χ4n) is 3.08. The first-order valence-corrected chi connectivity index (χ1v) is 7.70. The van der Waals surface area contributed by atoms with Gasteiger partial charge in [0.15, 0.2) is 11.6 Å². The molecule has 124 valence electrons. The number of nitrogens with zero attached hydrogens (tertiary/aromatic N) is 1. The molecule has 2 aromatic rings. The Balaban J connectivity index is 1.97. The van der Waals surface area contributed by atoms with Crippen molar-refractivity contribution < 1.29 is 13.6 Å². The monoisotopic (exact) mass is 328 g/mol. The van der Waals surface area contributed by atoms with Crippen molar-refractivity contribution in [3.63, 3.8) is 0 Å². The summed E-state index contributed by atoms with van der Waals surface area (Å²) >= 11 is 0. The highest BCUT2D eigenvalue weighted by molar-refractivity contribution is 5.77. The van der Waals surface area contributed by atoms with Crippen LogP contribution < -0.4 is 10.2 Å². The van der Waals surface area contributed by atoms with Gasteiger partial charge in [0.05, 0.1) is 0 Å². The largest absolute Gasteiger partial charge is 0.363 e. The molecule has 1 amide bonds. The van der Waals surface area contributed by atoms with Crippen molar-refractivity contribution in [3.05, 3.63) is 64.2 Å². The van der Waals surface area contributed by atoms with E-state index in [0.717, 1.165) is 28.1 Å². The van der Waals surface area contributed by atoms with Crippen LogP contribution in [-0.4, -0.2) is 13.0 Å². The summed E-state index contributed by atoms with van der Waals surface area (Å²) in [6.45, 7) is 4.98. The molecule has 1 N–H and O–H groups in total. The first kappa shape index (κ1) is 16.2. The zero-order valence-corrected chi connectivity index (χ0v) is 13.6. The van der Waals surface area contributed by atoms with E-state index < -0.39 is 11.6 Å². The normalized spacial score (nSPS) is 13.4. The minimum atomic E-state index is -0.832. The second kappa shape index (κ2) is 6.43. The molecule has 3 rings (SSSR count). The van der Waals surface area contributed by atoms with Gasteiger partial charge < -0.3 is 10.2 Å². The van der Waals surface area contributed by atoms with Crippen molar-refractivity contribution in [2.24, 2.45) is 0 Å². The van der Waals surface area contributed by atoms with Crippen molar-refractivity contribution in [1.29, 1.82) is 0 Å². The first-order valence-electron chi connectivity index (χ1n) is 7.70. The molecule has 0 radical (unpaired) electrons. The average molecular weight is 328 g/mol. The standard InChI is InChI=1S/C19H18F2N2O/c1-12-6-16(7-13(2)19(12)22-11-24)23-5-3-4-14-8-17(20)18(21)9-15(14)10-23/h3-4,6-9,11H,5,10H2,1-2H3,(H,22,24). The molecule has 1 aliphatic rings. The summed E-state index contributed by atoms with van der Waals surface area (Å²) in [6, 6.07) is 6.46. The molecular formula is C19H18F2N2O. The van der Waals surface area contributed by atoms with Crippen LogP contribution in [0.3, 0.4) is 0 Å². The summed E-state index contributed by atoms with van der Waals surface area (Å²) in [5.74, 6) is -1.66. The number of carbonyl (C=O) groups is 1. The lowest BCUT2D eigenvalue weighted by atomic mass is 10.1. The number of carbonyl (C=O) groups excluding carboxylic acids is 1. The molecule has 0 aliphatic carbocycles. The Bertz CT molecular complexity index is 807. The van der Waals surface area contributed by atoms with Crippen LogP contribution in [0.15, 0.2) is 30.3 Å². The van der Waals surface area contributed by atoms with Crippen LogP contribution in [0, 0.1) is 25.5 Å². The topological polar surface area (TPSA) is 32.3 Å². The van der Waals surface area contributed by atoms with E-state index in [2.05, 4.69) is 10.2 Å². The Morgan fingerprint density at radius 3 is 2.42 bits per heavy atom. The molecule has 1 heterocycles. The highest BCUT2D eigenvalue weighted by atomic mass is 19.2. The number of hydrogen-bond acceptors (Lipinski definition) is 2. The number of anilines is 2. The molecule has 0 saturated heterocycles. The van der Waals surface area contributed by atoms with Gasteiger partial charge in [0, 0.05) is 24.5 Å². The summed E-state index contributed by atoms with van der Waals surface area (Å²) in [5, 5.41) is 2.71. The SMILES string of the molecule is Cc1cc(N2CC=Cc3cc(F)c(F)cc3C2)cc(C)c1NC=O. The lowest BCUT2D eigenvalue weighted by molar-refractivity contribution is -0.105. The Morgan fingerprint density at radius 2 is 1.75 bits per heavy atom. The van der Waals surface area contributed by atoms with Crippen LogP contribution in [0.25, 0.3) is 6.08 Å². The Labute approximate surface area is 139 Å². The average Bonchev–Trinajstić information content (AvgIpc) is 2.73. The van der Waals surface area contributed by atoms with Crippen molar-refractivity contribution >= 4 is 23.9 Å². The van der Waals surface area contributed by atoms with E-state index in [1.807, 2.05) is 38.1 Å². The summed E-state index contributed by atoms with van der Waals surface area (Å²) < 4.78 is 27.0. The quantitative estimate of drug-likeness (QED) is 0.857. The van der Waals surface area contributed by atoms with Gasteiger partial charge in [-0.25, -0.2) is 8.78 Å². The molecule has 0 unspecified atom stereocenters. The number of aryl methyl sites for hydroxylation is 2. The van der Waals surface area contributed by atoms with Crippen molar-refractivity contribution in [1.82, 2.24) is 0 Å². The van der Waals surface area contributed by atoms with Gasteiger partial charge in [-0.15, -0.1) is 0 Å². The maximum atomic E-state index is 13.6. The molecule has 0 fully saturated rings. The van der Waals surface area contributed by atoms with Crippen LogP contribution in [0.2, 0.25) is 0 Å². The summed E-state index contributed by atoms with van der Waals surface area (Å²) in [6.07, 6.45) is 4.42. The van der Waals surface area contributed by atoms with Crippen LogP contribution in [-0.2, 0) is 11.3 Å². The molecule has 0 spiro atoms. The van der Waals surface area contributed by atoms with Crippen LogP contribution in [0.1, 0.15) is 22.3 Å². The van der Waals surface area contributed by atoms with Gasteiger partial charge >= 0.3 is 0 Å². The van der Waals surface area contributed by atoms with Gasteiger partial charge in [-0.2, -0.15) is 0 Å². The number of nitrogens with one attached hydrogen (secondary N) is 1. The summed E-state index contributed by atoms with van der Waals surface area (Å²) in [4.78, 5) is 12.8. The smallest absolute Gasteiger partial charge is 0.211 e. The van der Waals surface area contributed by atoms with Gasteiger partial charge in [0.2, 0.25) is 6.41 Å². The minimum Gasteiger partial charge on any atom is -0.363 e. The summed E-state index contributed by atoms with van der Waals surface area (Å²) in [5.41, 5.74) is 5.13. The number of fused-ring (bicyclic) bond motifs is 1. The minimum absolute atomic E-state index is 0.485. The molecule has 0 bridgehead atoms. The number of amides is 1. The van der Waals surface area contributed by atoms with E-state index in [1.54, 1.807) is 0 Å². The van der Waals surface area contributed by atoms with E-state index in [1.165, 1.54) is 12.1 Å². The summed E-state index contributed by atoms with van der Waals surface area (Å²) in [7, 11) is 0. The van der Waals surface area contributed by atoms with E-state index >= 15 is 0 Å². The van der Waals surface area contributed by atoms with Gasteiger partial charge in [-0.05, 0) is 60.4 Å². The Hall–Kier alpha value is -2.69. The van der Waals surface area contributed by atoms with Gasteiger partial charge in [0.25, 0.3) is 0 Å². The van der Waals surface area contributed by atoms with Crippen molar-refractivity contribution in [3.8, 4) is 0 Å². The molecule has 5 heteroatoms. The molecule has 0 saturated carbocycles. The highest BCUT2D eigenvalue weighted by Gasteiger charge is 2.16. The van der Waals surface area contributed by atoms with E-state index in [4.69, 9.17) is 0 Å². The fourth-order valence-corrected chi connectivity index (χ4v) is 3.08. The van der Waals surface area contributed by atoms with Crippen LogP contribution in [0.4, 0.5) is 20.2 Å². The third kappa shape index (κ3) is 3.02. The first-order chi connectivity index (χ1) is 11.5. The van der Waals surface area contributed by atoms with E-state index in [0.29, 0.717) is 25.1 Å². The second-order valence-electron chi connectivity index (χ2n) is 5.96. The van der Waals surface area contributed by atoms with Crippen molar-refractivity contribution in [2.45, 2.75) is 20.4 Å². The second-order valence-corrected chi connectivity index (χ2v) is 5.96. The number of halogens is 2. The van der Waals surface area contributed by atoms with Gasteiger partial charge in [0.1, 0.15) is 0 Å². The van der Waals surface area contributed by atoms with Crippen LogP contribution >= 0.6 is 0 Å². The third-order valence-corrected chi connectivity index (χ3v) is 4.25. The number of hydrogen-bond donors (Lipinski definition) is 1. The predicted molar refractivity (Wildman–Crippen MR) is 92.0 cm³/mol. The Kier molecular flexibility index (Phi) is 4.34. The molecule has 2 aromatic carbocycles. The van der Waals surface area contributed by atoms with E-state index in [9.17, 15) is 13.6 Å². The molecule has 1 aliphatic heterocycles. The lowest BCUT2D eigenvalue weighted by Crippen LogP contribution is -2.22. The number of rotatable bonds is 3. The maximum Gasteiger partial charge on any atom is 0.211 e. The Morgan fingerprint density at radius 1 is 1.08 bits per heavy atom. The maximum absolute atomic E-state index is 13.6. The highest BCUT2D eigenvalue weighted by Crippen LogP contribution is 2.30. The van der Waals surface area contributed by atoms with E-state index in [-0.39, 0.29) is 0 Å².